The summed E-state index contributed by atoms with van der Waals surface area (Å²) in [7, 11) is 2.01. The van der Waals surface area contributed by atoms with Crippen LogP contribution in [-0.2, 0) is 0 Å². The number of rotatable bonds is 6. The number of thioether (sulfide) groups is 1. The summed E-state index contributed by atoms with van der Waals surface area (Å²) in [4.78, 5) is 0. The van der Waals surface area contributed by atoms with Crippen molar-refractivity contribution in [2.24, 2.45) is 0 Å². The van der Waals surface area contributed by atoms with Gasteiger partial charge in [0, 0.05) is 17.0 Å². The highest BCUT2D eigenvalue weighted by Crippen LogP contribution is 2.33. The average molecular weight is 281 g/mol. The summed E-state index contributed by atoms with van der Waals surface area (Å²) in [6, 6.07) is 6.61. The van der Waals surface area contributed by atoms with Crippen molar-refractivity contribution in [3.8, 4) is 11.5 Å². The molecule has 1 N–H and O–H groups in total. The lowest BCUT2D eigenvalue weighted by Crippen LogP contribution is -2.21. The first kappa shape index (κ1) is 14.5. The smallest absolute Gasteiger partial charge is 0.161 e. The molecule has 0 saturated carbocycles. The quantitative estimate of drug-likeness (QED) is 0.867. The molecule has 1 heterocycles. The fourth-order valence-electron chi connectivity index (χ4n) is 2.00. The van der Waals surface area contributed by atoms with Crippen LogP contribution < -0.4 is 14.8 Å². The van der Waals surface area contributed by atoms with Crippen LogP contribution in [0.1, 0.15) is 31.9 Å². The van der Waals surface area contributed by atoms with Gasteiger partial charge in [-0.05, 0) is 31.2 Å². The van der Waals surface area contributed by atoms with Gasteiger partial charge in [0.05, 0.1) is 0 Å². The summed E-state index contributed by atoms with van der Waals surface area (Å²) < 4.78 is 11.2. The minimum absolute atomic E-state index is 0.356. The molecule has 0 bridgehead atoms. The van der Waals surface area contributed by atoms with Crippen LogP contribution in [0.25, 0.3) is 0 Å². The first-order valence-corrected chi connectivity index (χ1v) is 7.98. The van der Waals surface area contributed by atoms with E-state index in [1.165, 1.54) is 12.0 Å². The molecule has 1 aromatic rings. The SMILES string of the molecule is CCC(C)SCC(NC)c1ccc2c(c1)OCCO2. The van der Waals surface area contributed by atoms with E-state index in [1.54, 1.807) is 0 Å². The van der Waals surface area contributed by atoms with Gasteiger partial charge in [-0.3, -0.25) is 0 Å². The van der Waals surface area contributed by atoms with Gasteiger partial charge in [-0.15, -0.1) is 0 Å². The van der Waals surface area contributed by atoms with Crippen molar-refractivity contribution in [1.29, 1.82) is 0 Å². The Morgan fingerprint density at radius 3 is 2.68 bits per heavy atom. The third-order valence-corrected chi connectivity index (χ3v) is 4.87. The van der Waals surface area contributed by atoms with E-state index in [4.69, 9.17) is 9.47 Å². The second-order valence-electron chi connectivity index (χ2n) is 4.80. The second kappa shape index (κ2) is 7.06. The Morgan fingerprint density at radius 1 is 1.26 bits per heavy atom. The Morgan fingerprint density at radius 2 is 2.00 bits per heavy atom. The molecular formula is C15H23NO2S. The first-order valence-electron chi connectivity index (χ1n) is 6.93. The molecule has 2 atom stereocenters. The van der Waals surface area contributed by atoms with Gasteiger partial charge < -0.3 is 14.8 Å². The van der Waals surface area contributed by atoms with Gasteiger partial charge >= 0.3 is 0 Å². The maximum atomic E-state index is 5.65. The van der Waals surface area contributed by atoms with Gasteiger partial charge in [0.25, 0.3) is 0 Å². The predicted octanol–water partition coefficient (Wildman–Crippen LogP) is 3.25. The predicted molar refractivity (Wildman–Crippen MR) is 81.4 cm³/mol. The summed E-state index contributed by atoms with van der Waals surface area (Å²) in [5.41, 5.74) is 1.27. The topological polar surface area (TPSA) is 30.5 Å². The zero-order valence-corrected chi connectivity index (χ0v) is 12.8. The number of hydrogen-bond acceptors (Lipinski definition) is 4. The molecule has 19 heavy (non-hydrogen) atoms. The summed E-state index contributed by atoms with van der Waals surface area (Å²) in [5, 5.41) is 4.09. The summed E-state index contributed by atoms with van der Waals surface area (Å²) in [6.07, 6.45) is 1.21. The summed E-state index contributed by atoms with van der Waals surface area (Å²) in [5.74, 6) is 2.81. The van der Waals surface area contributed by atoms with Crippen molar-refractivity contribution < 1.29 is 9.47 Å². The molecule has 1 aliphatic rings. The van der Waals surface area contributed by atoms with Gasteiger partial charge in [0.2, 0.25) is 0 Å². The molecule has 2 rings (SSSR count). The Labute approximate surface area is 120 Å². The lowest BCUT2D eigenvalue weighted by atomic mass is 10.1. The van der Waals surface area contributed by atoms with Crippen LogP contribution in [0.15, 0.2) is 18.2 Å². The standard InChI is InChI=1S/C15H23NO2S/c1-4-11(2)19-10-13(16-3)12-5-6-14-15(9-12)18-8-7-17-14/h5-6,9,11,13,16H,4,7-8,10H2,1-3H3. The Kier molecular flexibility index (Phi) is 5.40. The fourth-order valence-corrected chi connectivity index (χ4v) is 3.12. The molecule has 1 aromatic carbocycles. The minimum atomic E-state index is 0.356. The molecular weight excluding hydrogens is 258 g/mol. The zero-order chi connectivity index (χ0) is 13.7. The van der Waals surface area contributed by atoms with Gasteiger partial charge in [-0.2, -0.15) is 11.8 Å². The Balaban J connectivity index is 2.05. The van der Waals surface area contributed by atoms with Crippen molar-refractivity contribution in [2.75, 3.05) is 26.0 Å². The van der Waals surface area contributed by atoms with Crippen LogP contribution in [0.5, 0.6) is 11.5 Å². The van der Waals surface area contributed by atoms with Crippen LogP contribution in [0.4, 0.5) is 0 Å². The van der Waals surface area contributed by atoms with E-state index in [0.717, 1.165) is 17.3 Å². The number of nitrogens with one attached hydrogen (secondary N) is 1. The molecule has 0 spiro atoms. The van der Waals surface area contributed by atoms with Crippen molar-refractivity contribution in [3.63, 3.8) is 0 Å². The van der Waals surface area contributed by atoms with Gasteiger partial charge in [0.1, 0.15) is 13.2 Å². The second-order valence-corrected chi connectivity index (χ2v) is 6.27. The van der Waals surface area contributed by atoms with Gasteiger partial charge in [-0.1, -0.05) is 19.9 Å². The van der Waals surface area contributed by atoms with Gasteiger partial charge in [0.15, 0.2) is 11.5 Å². The van der Waals surface area contributed by atoms with Crippen LogP contribution >= 0.6 is 11.8 Å². The molecule has 4 heteroatoms. The van der Waals surface area contributed by atoms with Crippen molar-refractivity contribution >= 4 is 11.8 Å². The Hall–Kier alpha value is -0.870. The molecule has 0 radical (unpaired) electrons. The molecule has 0 aromatic heterocycles. The van der Waals surface area contributed by atoms with E-state index in [1.807, 2.05) is 24.9 Å². The highest BCUT2D eigenvalue weighted by atomic mass is 32.2. The molecule has 2 unspecified atom stereocenters. The van der Waals surface area contributed by atoms with E-state index in [0.29, 0.717) is 24.5 Å². The molecule has 3 nitrogen and oxygen atoms in total. The van der Waals surface area contributed by atoms with Crippen molar-refractivity contribution in [3.05, 3.63) is 23.8 Å². The van der Waals surface area contributed by atoms with Crippen molar-refractivity contribution in [1.82, 2.24) is 5.32 Å². The molecule has 0 saturated heterocycles. The minimum Gasteiger partial charge on any atom is -0.486 e. The highest BCUT2D eigenvalue weighted by molar-refractivity contribution is 7.99. The third kappa shape index (κ3) is 3.80. The largest absolute Gasteiger partial charge is 0.486 e. The molecule has 0 amide bonds. The normalized spacial score (nSPS) is 17.0. The van der Waals surface area contributed by atoms with Crippen LogP contribution in [0.3, 0.4) is 0 Å². The number of benzene rings is 1. The van der Waals surface area contributed by atoms with Crippen LogP contribution in [0, 0.1) is 0 Å². The molecule has 0 aliphatic carbocycles. The lowest BCUT2D eigenvalue weighted by Gasteiger charge is -2.22. The molecule has 106 valence electrons. The highest BCUT2D eigenvalue weighted by Gasteiger charge is 2.16. The zero-order valence-electron chi connectivity index (χ0n) is 11.9. The van der Waals surface area contributed by atoms with E-state index >= 15 is 0 Å². The molecule has 1 aliphatic heterocycles. The number of hydrogen-bond donors (Lipinski definition) is 1. The maximum absolute atomic E-state index is 5.65. The number of ether oxygens (including phenoxy) is 2. The fraction of sp³-hybridized carbons (Fsp3) is 0.600. The van der Waals surface area contributed by atoms with Crippen molar-refractivity contribution in [2.45, 2.75) is 31.6 Å². The van der Waals surface area contributed by atoms with E-state index in [2.05, 4.69) is 31.3 Å². The molecule has 0 fully saturated rings. The first-order chi connectivity index (χ1) is 9.24. The van der Waals surface area contributed by atoms with Crippen LogP contribution in [-0.4, -0.2) is 31.3 Å². The summed E-state index contributed by atoms with van der Waals surface area (Å²) in [6.45, 7) is 5.80. The van der Waals surface area contributed by atoms with E-state index in [9.17, 15) is 0 Å². The maximum Gasteiger partial charge on any atom is 0.161 e. The summed E-state index contributed by atoms with van der Waals surface area (Å²) >= 11 is 2.01. The monoisotopic (exact) mass is 281 g/mol. The lowest BCUT2D eigenvalue weighted by molar-refractivity contribution is 0.171. The van der Waals surface area contributed by atoms with Gasteiger partial charge in [-0.25, -0.2) is 0 Å². The van der Waals surface area contributed by atoms with E-state index in [-0.39, 0.29) is 0 Å². The third-order valence-electron chi connectivity index (χ3n) is 3.44. The average Bonchev–Trinajstić information content (AvgIpc) is 2.47. The van der Waals surface area contributed by atoms with E-state index < -0.39 is 0 Å². The van der Waals surface area contributed by atoms with Crippen LogP contribution in [0.2, 0.25) is 0 Å². The Bertz CT molecular complexity index is 411. The number of fused-ring (bicyclic) bond motifs is 1.